The van der Waals surface area contributed by atoms with Crippen LogP contribution in [0, 0.1) is 0 Å². The normalized spacial score (nSPS) is 12.2. The van der Waals surface area contributed by atoms with Crippen LogP contribution in [-0.2, 0) is 12.6 Å². The molecule has 0 amide bonds. The SMILES string of the molecule is CCc1nc2ccc(C(F)(F)F)cc2nc1OC(C)C. The van der Waals surface area contributed by atoms with E-state index in [0.29, 0.717) is 23.5 Å². The Morgan fingerprint density at radius 1 is 1.15 bits per heavy atom. The van der Waals surface area contributed by atoms with Gasteiger partial charge in [-0.05, 0) is 38.5 Å². The highest BCUT2D eigenvalue weighted by molar-refractivity contribution is 5.76. The van der Waals surface area contributed by atoms with E-state index in [1.165, 1.54) is 6.07 Å². The van der Waals surface area contributed by atoms with E-state index in [4.69, 9.17) is 4.74 Å². The number of ether oxygens (including phenoxy) is 1. The van der Waals surface area contributed by atoms with E-state index < -0.39 is 11.7 Å². The van der Waals surface area contributed by atoms with E-state index in [1.54, 1.807) is 0 Å². The van der Waals surface area contributed by atoms with Crippen molar-refractivity contribution in [3.05, 3.63) is 29.5 Å². The first-order valence-electron chi connectivity index (χ1n) is 6.35. The first-order valence-corrected chi connectivity index (χ1v) is 6.35. The maximum Gasteiger partial charge on any atom is 0.416 e. The Labute approximate surface area is 114 Å². The summed E-state index contributed by atoms with van der Waals surface area (Å²) >= 11 is 0. The van der Waals surface area contributed by atoms with Crippen LogP contribution in [-0.4, -0.2) is 16.1 Å². The monoisotopic (exact) mass is 284 g/mol. The molecule has 6 heteroatoms. The maximum absolute atomic E-state index is 12.7. The molecule has 0 aliphatic rings. The third-order valence-corrected chi connectivity index (χ3v) is 2.71. The molecule has 1 aromatic heterocycles. The van der Waals surface area contributed by atoms with Gasteiger partial charge in [-0.1, -0.05) is 6.92 Å². The summed E-state index contributed by atoms with van der Waals surface area (Å²) in [6, 6.07) is 3.35. The standard InChI is InChI=1S/C14H15F3N2O/c1-4-10-13(20-8(2)3)19-12-7-9(14(15,16)17)5-6-11(12)18-10/h5-8H,4H2,1-3H3. The van der Waals surface area contributed by atoms with Crippen molar-refractivity contribution >= 4 is 11.0 Å². The Morgan fingerprint density at radius 3 is 2.40 bits per heavy atom. The van der Waals surface area contributed by atoms with Crippen molar-refractivity contribution < 1.29 is 17.9 Å². The summed E-state index contributed by atoms with van der Waals surface area (Å²) in [7, 11) is 0. The van der Waals surface area contributed by atoms with Crippen molar-refractivity contribution in [2.24, 2.45) is 0 Å². The lowest BCUT2D eigenvalue weighted by Gasteiger charge is -2.13. The van der Waals surface area contributed by atoms with Crippen molar-refractivity contribution in [2.75, 3.05) is 0 Å². The third kappa shape index (κ3) is 3.00. The van der Waals surface area contributed by atoms with Crippen LogP contribution in [0.4, 0.5) is 13.2 Å². The van der Waals surface area contributed by atoms with Gasteiger partial charge >= 0.3 is 6.18 Å². The van der Waals surface area contributed by atoms with E-state index in [-0.39, 0.29) is 11.6 Å². The number of hydrogen-bond donors (Lipinski definition) is 0. The van der Waals surface area contributed by atoms with Crippen molar-refractivity contribution in [2.45, 2.75) is 39.5 Å². The van der Waals surface area contributed by atoms with Gasteiger partial charge in [0.05, 0.1) is 22.7 Å². The van der Waals surface area contributed by atoms with Gasteiger partial charge in [0, 0.05) is 0 Å². The van der Waals surface area contributed by atoms with Gasteiger partial charge in [-0.25, -0.2) is 9.97 Å². The molecule has 3 nitrogen and oxygen atoms in total. The fourth-order valence-corrected chi connectivity index (χ4v) is 1.80. The highest BCUT2D eigenvalue weighted by Gasteiger charge is 2.30. The number of halogens is 3. The second-order valence-electron chi connectivity index (χ2n) is 4.70. The van der Waals surface area contributed by atoms with E-state index >= 15 is 0 Å². The first kappa shape index (κ1) is 14.6. The average Bonchev–Trinajstić information content (AvgIpc) is 2.35. The number of nitrogens with zero attached hydrogens (tertiary/aromatic N) is 2. The highest BCUT2D eigenvalue weighted by atomic mass is 19.4. The summed E-state index contributed by atoms with van der Waals surface area (Å²) < 4.78 is 43.6. The van der Waals surface area contributed by atoms with E-state index in [1.807, 2.05) is 20.8 Å². The van der Waals surface area contributed by atoms with Crippen LogP contribution in [0.25, 0.3) is 11.0 Å². The summed E-state index contributed by atoms with van der Waals surface area (Å²) in [5.74, 6) is 0.300. The molecule has 0 N–H and O–H groups in total. The van der Waals surface area contributed by atoms with Gasteiger partial charge in [0.1, 0.15) is 5.69 Å². The molecule has 2 rings (SSSR count). The zero-order chi connectivity index (χ0) is 14.9. The van der Waals surface area contributed by atoms with Gasteiger partial charge in [0.2, 0.25) is 5.88 Å². The van der Waals surface area contributed by atoms with Crippen LogP contribution < -0.4 is 4.74 Å². The van der Waals surface area contributed by atoms with Crippen molar-refractivity contribution in [1.82, 2.24) is 9.97 Å². The van der Waals surface area contributed by atoms with Gasteiger partial charge in [-0.2, -0.15) is 13.2 Å². The lowest BCUT2D eigenvalue weighted by Crippen LogP contribution is -2.11. The second kappa shape index (κ2) is 5.26. The molecule has 20 heavy (non-hydrogen) atoms. The molecule has 0 unspecified atom stereocenters. The summed E-state index contributed by atoms with van der Waals surface area (Å²) in [6.45, 7) is 5.56. The van der Waals surface area contributed by atoms with Crippen molar-refractivity contribution in [3.8, 4) is 5.88 Å². The minimum absolute atomic E-state index is 0.113. The smallest absolute Gasteiger partial charge is 0.416 e. The molecule has 0 radical (unpaired) electrons. The molecule has 0 bridgehead atoms. The molecule has 1 heterocycles. The van der Waals surface area contributed by atoms with Crippen LogP contribution in [0.3, 0.4) is 0 Å². The number of benzene rings is 1. The molecule has 0 fully saturated rings. The van der Waals surface area contributed by atoms with E-state index in [2.05, 4.69) is 9.97 Å². The first-order chi connectivity index (χ1) is 9.31. The quantitative estimate of drug-likeness (QED) is 0.854. The van der Waals surface area contributed by atoms with Crippen LogP contribution in [0.15, 0.2) is 18.2 Å². The maximum atomic E-state index is 12.7. The fraction of sp³-hybridized carbons (Fsp3) is 0.429. The lowest BCUT2D eigenvalue weighted by atomic mass is 10.2. The number of rotatable bonds is 3. The van der Waals surface area contributed by atoms with Crippen molar-refractivity contribution in [3.63, 3.8) is 0 Å². The Kier molecular flexibility index (Phi) is 3.83. The largest absolute Gasteiger partial charge is 0.474 e. The summed E-state index contributed by atoms with van der Waals surface area (Å²) in [5, 5.41) is 0. The number of aromatic nitrogens is 2. The topological polar surface area (TPSA) is 35.0 Å². The predicted molar refractivity (Wildman–Crippen MR) is 69.7 cm³/mol. The second-order valence-corrected chi connectivity index (χ2v) is 4.70. The van der Waals surface area contributed by atoms with Crippen LogP contribution in [0.2, 0.25) is 0 Å². The zero-order valence-electron chi connectivity index (χ0n) is 11.5. The van der Waals surface area contributed by atoms with Gasteiger partial charge in [0.15, 0.2) is 0 Å². The van der Waals surface area contributed by atoms with Crippen LogP contribution in [0.5, 0.6) is 5.88 Å². The molecular formula is C14H15F3N2O. The minimum Gasteiger partial charge on any atom is -0.474 e. The average molecular weight is 284 g/mol. The number of fused-ring (bicyclic) bond motifs is 1. The minimum atomic E-state index is -4.39. The van der Waals surface area contributed by atoms with Gasteiger partial charge in [0.25, 0.3) is 0 Å². The van der Waals surface area contributed by atoms with Gasteiger partial charge < -0.3 is 4.74 Å². The van der Waals surface area contributed by atoms with Crippen LogP contribution >= 0.6 is 0 Å². The molecule has 0 aliphatic carbocycles. The molecule has 0 saturated heterocycles. The molecule has 108 valence electrons. The predicted octanol–water partition coefficient (Wildman–Crippen LogP) is 4.00. The molecule has 1 aromatic carbocycles. The molecule has 2 aromatic rings. The Bertz CT molecular complexity index is 624. The Hall–Kier alpha value is -1.85. The van der Waals surface area contributed by atoms with Crippen LogP contribution in [0.1, 0.15) is 32.0 Å². The summed E-state index contributed by atoms with van der Waals surface area (Å²) in [6.07, 6.45) is -3.90. The zero-order valence-corrected chi connectivity index (χ0v) is 11.5. The van der Waals surface area contributed by atoms with Gasteiger partial charge in [-0.3, -0.25) is 0 Å². The fourth-order valence-electron chi connectivity index (χ4n) is 1.80. The summed E-state index contributed by atoms with van der Waals surface area (Å²) in [4.78, 5) is 8.49. The molecular weight excluding hydrogens is 269 g/mol. The molecule has 0 spiro atoms. The lowest BCUT2D eigenvalue weighted by molar-refractivity contribution is -0.137. The Morgan fingerprint density at radius 2 is 1.85 bits per heavy atom. The summed E-state index contributed by atoms with van der Waals surface area (Å²) in [5.41, 5.74) is 0.531. The van der Waals surface area contributed by atoms with Gasteiger partial charge in [-0.15, -0.1) is 0 Å². The molecule has 0 atom stereocenters. The number of hydrogen-bond acceptors (Lipinski definition) is 3. The molecule has 0 saturated carbocycles. The Balaban J connectivity index is 2.57. The highest BCUT2D eigenvalue weighted by Crippen LogP contribution is 2.31. The number of alkyl halides is 3. The third-order valence-electron chi connectivity index (χ3n) is 2.71. The molecule has 0 aliphatic heterocycles. The van der Waals surface area contributed by atoms with Crippen molar-refractivity contribution in [1.29, 1.82) is 0 Å². The van der Waals surface area contributed by atoms with E-state index in [9.17, 15) is 13.2 Å². The van der Waals surface area contributed by atoms with E-state index in [0.717, 1.165) is 12.1 Å². The number of aryl methyl sites for hydroxylation is 1.